The Hall–Kier alpha value is -2.91. The van der Waals surface area contributed by atoms with Crippen molar-refractivity contribution in [3.63, 3.8) is 0 Å². The van der Waals surface area contributed by atoms with Crippen LogP contribution in [0.3, 0.4) is 0 Å². The first-order chi connectivity index (χ1) is 17.0. The first-order valence-electron chi connectivity index (χ1n) is 11.5. The molecule has 3 aromatic carbocycles. The molecule has 0 aliphatic rings. The van der Waals surface area contributed by atoms with E-state index in [1.807, 2.05) is 13.0 Å². The third kappa shape index (κ3) is 6.64. The molecule has 2 atom stereocenters. The molecule has 0 aliphatic carbocycles. The highest BCUT2D eigenvalue weighted by Gasteiger charge is 2.24. The van der Waals surface area contributed by atoms with Gasteiger partial charge in [0.15, 0.2) is 0 Å². The van der Waals surface area contributed by atoms with Gasteiger partial charge in [0, 0.05) is 17.6 Å². The molecule has 3 rings (SSSR count). The third-order valence-electron chi connectivity index (χ3n) is 5.75. The van der Waals surface area contributed by atoms with Crippen molar-refractivity contribution in [1.82, 2.24) is 5.32 Å². The van der Waals surface area contributed by atoms with E-state index in [0.29, 0.717) is 23.6 Å². The van der Waals surface area contributed by atoms with Crippen LogP contribution in [0.4, 0.5) is 0 Å². The molecule has 9 heteroatoms. The van der Waals surface area contributed by atoms with Crippen molar-refractivity contribution in [2.75, 3.05) is 13.2 Å². The summed E-state index contributed by atoms with van der Waals surface area (Å²) in [7, 11) is -3.94. The standard InChI is InChI=1S/C27H30ClNO6S/c1-4-35-27(32)23-15-26(17(2)12-24(23)30)36(33,34)22-10-8-19(9-11-22)13-18(3)29-16-25(31)20-6-5-7-21(28)14-20/h5-12,14-15,18,25,29-31H,4,13,16H2,1-3H3/t18-,25-/m1/s1. The van der Waals surface area contributed by atoms with Crippen LogP contribution in [0.1, 0.15) is 47.0 Å². The average Bonchev–Trinajstić information content (AvgIpc) is 2.83. The van der Waals surface area contributed by atoms with Gasteiger partial charge in [-0.15, -0.1) is 0 Å². The van der Waals surface area contributed by atoms with E-state index in [2.05, 4.69) is 5.32 Å². The molecule has 36 heavy (non-hydrogen) atoms. The SMILES string of the molecule is CCOC(=O)c1cc(S(=O)(=O)c2ccc(C[C@@H](C)NC[C@@H](O)c3cccc(Cl)c3)cc2)c(C)cc1O. The lowest BCUT2D eigenvalue weighted by Crippen LogP contribution is -2.32. The summed E-state index contributed by atoms with van der Waals surface area (Å²) in [6.07, 6.45) is -0.0832. The predicted molar refractivity (Wildman–Crippen MR) is 138 cm³/mol. The van der Waals surface area contributed by atoms with E-state index >= 15 is 0 Å². The summed E-state index contributed by atoms with van der Waals surface area (Å²) in [6.45, 7) is 5.60. The van der Waals surface area contributed by atoms with Crippen molar-refractivity contribution in [3.05, 3.63) is 87.9 Å². The topological polar surface area (TPSA) is 113 Å². The number of sulfone groups is 1. The highest BCUT2D eigenvalue weighted by Crippen LogP contribution is 2.30. The van der Waals surface area contributed by atoms with Crippen LogP contribution in [0.2, 0.25) is 5.02 Å². The molecule has 192 valence electrons. The monoisotopic (exact) mass is 531 g/mol. The number of carbonyl (C=O) groups excluding carboxylic acids is 1. The maximum absolute atomic E-state index is 13.3. The molecule has 3 aromatic rings. The molecule has 0 saturated heterocycles. The fraction of sp³-hybridized carbons (Fsp3) is 0.296. The summed E-state index contributed by atoms with van der Waals surface area (Å²) in [5, 5.41) is 24.3. The van der Waals surface area contributed by atoms with E-state index in [-0.39, 0.29) is 33.8 Å². The number of phenols is 1. The number of phenolic OH excluding ortho intramolecular Hbond substituents is 1. The van der Waals surface area contributed by atoms with Gasteiger partial charge in [-0.25, -0.2) is 13.2 Å². The highest BCUT2D eigenvalue weighted by atomic mass is 35.5. The number of ether oxygens (including phenoxy) is 1. The van der Waals surface area contributed by atoms with Gasteiger partial charge >= 0.3 is 5.97 Å². The van der Waals surface area contributed by atoms with E-state index in [1.165, 1.54) is 18.2 Å². The lowest BCUT2D eigenvalue weighted by atomic mass is 10.1. The molecule has 0 unspecified atom stereocenters. The van der Waals surface area contributed by atoms with Crippen molar-refractivity contribution >= 4 is 27.4 Å². The Balaban J connectivity index is 1.70. The number of carbonyl (C=O) groups is 1. The molecule has 0 bridgehead atoms. The number of aliphatic hydroxyl groups is 1. The first kappa shape index (κ1) is 27.7. The largest absolute Gasteiger partial charge is 0.507 e. The Morgan fingerprint density at radius 1 is 1.11 bits per heavy atom. The number of nitrogens with one attached hydrogen (secondary N) is 1. The summed E-state index contributed by atoms with van der Waals surface area (Å²) >= 11 is 5.99. The Morgan fingerprint density at radius 2 is 1.81 bits per heavy atom. The smallest absolute Gasteiger partial charge is 0.341 e. The van der Waals surface area contributed by atoms with Crippen LogP contribution in [-0.4, -0.2) is 43.8 Å². The molecule has 0 saturated carbocycles. The fourth-order valence-electron chi connectivity index (χ4n) is 3.84. The number of aliphatic hydroxyl groups excluding tert-OH is 1. The molecule has 0 aliphatic heterocycles. The second kappa shape index (κ2) is 11.9. The van der Waals surface area contributed by atoms with Gasteiger partial charge in [0.05, 0.1) is 22.5 Å². The van der Waals surface area contributed by atoms with Crippen molar-refractivity contribution in [1.29, 1.82) is 0 Å². The van der Waals surface area contributed by atoms with Crippen LogP contribution < -0.4 is 5.32 Å². The van der Waals surface area contributed by atoms with Crippen molar-refractivity contribution in [2.24, 2.45) is 0 Å². The molecule has 0 aromatic heterocycles. The van der Waals surface area contributed by atoms with Gasteiger partial charge in [-0.05, 0) is 80.3 Å². The Labute approximate surface area is 216 Å². The summed E-state index contributed by atoms with van der Waals surface area (Å²) in [6, 6.07) is 16.0. The maximum Gasteiger partial charge on any atom is 0.341 e. The van der Waals surface area contributed by atoms with Crippen molar-refractivity contribution in [3.8, 4) is 5.75 Å². The van der Waals surface area contributed by atoms with Gasteiger partial charge in [-0.3, -0.25) is 0 Å². The summed E-state index contributed by atoms with van der Waals surface area (Å²) in [5.41, 5.74) is 1.77. The number of aromatic hydroxyl groups is 1. The summed E-state index contributed by atoms with van der Waals surface area (Å²) in [4.78, 5) is 12.1. The molecule has 0 radical (unpaired) electrons. The predicted octanol–water partition coefficient (Wildman–Crippen LogP) is 4.62. The average molecular weight is 532 g/mol. The maximum atomic E-state index is 13.3. The Morgan fingerprint density at radius 3 is 2.44 bits per heavy atom. The third-order valence-corrected chi connectivity index (χ3v) is 7.89. The van der Waals surface area contributed by atoms with Crippen molar-refractivity contribution < 1.29 is 28.2 Å². The van der Waals surface area contributed by atoms with Crippen LogP contribution in [-0.2, 0) is 21.0 Å². The van der Waals surface area contributed by atoms with E-state index in [4.69, 9.17) is 16.3 Å². The zero-order valence-electron chi connectivity index (χ0n) is 20.4. The van der Waals surface area contributed by atoms with Gasteiger partial charge in [0.25, 0.3) is 0 Å². The molecule has 0 heterocycles. The lowest BCUT2D eigenvalue weighted by Gasteiger charge is -2.18. The Kier molecular flexibility index (Phi) is 9.13. The number of hydrogen-bond acceptors (Lipinski definition) is 7. The lowest BCUT2D eigenvalue weighted by molar-refractivity contribution is 0.0522. The molecule has 7 nitrogen and oxygen atoms in total. The van der Waals surface area contributed by atoms with Gasteiger partial charge in [0.1, 0.15) is 11.3 Å². The van der Waals surface area contributed by atoms with Crippen LogP contribution >= 0.6 is 11.6 Å². The Bertz CT molecular complexity index is 1320. The molecule has 0 amide bonds. The summed E-state index contributed by atoms with van der Waals surface area (Å²) in [5.74, 6) is -1.12. The molecule has 3 N–H and O–H groups in total. The van der Waals surface area contributed by atoms with Gasteiger partial charge in [-0.1, -0.05) is 35.9 Å². The minimum absolute atomic E-state index is 0.0211. The van der Waals surface area contributed by atoms with Crippen LogP contribution in [0, 0.1) is 6.92 Å². The second-order valence-electron chi connectivity index (χ2n) is 8.59. The number of esters is 1. The van der Waals surface area contributed by atoms with E-state index in [9.17, 15) is 23.4 Å². The minimum Gasteiger partial charge on any atom is -0.507 e. The van der Waals surface area contributed by atoms with E-state index < -0.39 is 21.9 Å². The number of hydrogen-bond donors (Lipinski definition) is 3. The molecular weight excluding hydrogens is 502 g/mol. The number of aryl methyl sites for hydroxylation is 1. The number of rotatable bonds is 10. The number of benzene rings is 3. The van der Waals surface area contributed by atoms with E-state index in [1.54, 1.807) is 44.2 Å². The highest BCUT2D eigenvalue weighted by molar-refractivity contribution is 7.91. The zero-order valence-corrected chi connectivity index (χ0v) is 21.9. The minimum atomic E-state index is -3.94. The number of halogens is 1. The van der Waals surface area contributed by atoms with Crippen molar-refractivity contribution in [2.45, 2.75) is 49.1 Å². The summed E-state index contributed by atoms with van der Waals surface area (Å²) < 4.78 is 31.5. The van der Waals surface area contributed by atoms with Gasteiger partial charge in [0.2, 0.25) is 9.84 Å². The van der Waals surface area contributed by atoms with Gasteiger partial charge < -0.3 is 20.3 Å². The van der Waals surface area contributed by atoms with Crippen LogP contribution in [0.5, 0.6) is 5.75 Å². The first-order valence-corrected chi connectivity index (χ1v) is 13.4. The molecule has 0 fully saturated rings. The molecule has 0 spiro atoms. The molecular formula is C27H30ClNO6S. The van der Waals surface area contributed by atoms with Crippen LogP contribution in [0.25, 0.3) is 0 Å². The quantitative estimate of drug-likeness (QED) is 0.327. The van der Waals surface area contributed by atoms with E-state index in [0.717, 1.165) is 17.2 Å². The normalized spacial score (nSPS) is 13.2. The zero-order chi connectivity index (χ0) is 26.5. The fourth-order valence-corrected chi connectivity index (χ4v) is 5.54. The van der Waals surface area contributed by atoms with Gasteiger partial charge in [-0.2, -0.15) is 0 Å². The second-order valence-corrected chi connectivity index (χ2v) is 10.9. The van der Waals surface area contributed by atoms with Crippen LogP contribution in [0.15, 0.2) is 70.5 Å².